The Kier molecular flexibility index (Phi) is 4.73. The van der Waals surface area contributed by atoms with E-state index in [4.69, 9.17) is 4.74 Å². The molecule has 0 atom stereocenters. The van der Waals surface area contributed by atoms with Gasteiger partial charge in [-0.05, 0) is 31.8 Å². The van der Waals surface area contributed by atoms with E-state index in [9.17, 15) is 4.79 Å². The van der Waals surface area contributed by atoms with Crippen LogP contribution in [0.1, 0.15) is 0 Å². The Hall–Kier alpha value is -2.34. The second-order valence-corrected chi connectivity index (χ2v) is 4.61. The van der Waals surface area contributed by atoms with E-state index in [0.717, 1.165) is 17.7 Å². The van der Waals surface area contributed by atoms with Gasteiger partial charge in [-0.1, -0.05) is 6.07 Å². The first-order valence-corrected chi connectivity index (χ1v) is 6.31. The number of anilines is 1. The molecule has 1 amide bonds. The van der Waals surface area contributed by atoms with Crippen molar-refractivity contribution in [3.05, 3.63) is 30.6 Å². The molecule has 0 bridgehead atoms. The molecule has 0 aliphatic rings. The minimum Gasteiger partial charge on any atom is -0.490 e. The Morgan fingerprint density at radius 1 is 1.40 bits per heavy atom. The monoisotopic (exact) mass is 274 g/mol. The summed E-state index contributed by atoms with van der Waals surface area (Å²) in [5.74, 6) is 0.651. The molecule has 2 aromatic rings. The summed E-state index contributed by atoms with van der Waals surface area (Å²) in [7, 11) is 3.96. The summed E-state index contributed by atoms with van der Waals surface area (Å²) in [6.45, 7) is 1.35. The number of carbonyl (C=O) groups is 1. The normalized spacial score (nSPS) is 10.6. The van der Waals surface area contributed by atoms with Crippen molar-refractivity contribution in [3.8, 4) is 16.9 Å². The van der Waals surface area contributed by atoms with Crippen molar-refractivity contribution in [2.45, 2.75) is 0 Å². The summed E-state index contributed by atoms with van der Waals surface area (Å²) < 4.78 is 5.75. The van der Waals surface area contributed by atoms with Crippen LogP contribution in [-0.2, 0) is 4.79 Å². The van der Waals surface area contributed by atoms with Crippen molar-refractivity contribution < 1.29 is 9.53 Å². The zero-order chi connectivity index (χ0) is 14.4. The van der Waals surface area contributed by atoms with Crippen LogP contribution in [0.25, 0.3) is 11.1 Å². The number of hydrogen-bond acceptors (Lipinski definition) is 4. The fraction of sp³-hybridized carbons (Fsp3) is 0.286. The number of H-pyrrole nitrogens is 1. The van der Waals surface area contributed by atoms with E-state index in [1.807, 2.05) is 43.4 Å². The van der Waals surface area contributed by atoms with Crippen LogP contribution >= 0.6 is 0 Å². The predicted octanol–water partition coefficient (Wildman–Crippen LogP) is 1.59. The largest absolute Gasteiger partial charge is 0.490 e. The molecule has 0 saturated heterocycles. The number of carbonyl (C=O) groups excluding carboxylic acids is 1. The van der Waals surface area contributed by atoms with Gasteiger partial charge in [0.2, 0.25) is 6.41 Å². The molecule has 6 heteroatoms. The highest BCUT2D eigenvalue weighted by atomic mass is 16.5. The fourth-order valence-corrected chi connectivity index (χ4v) is 1.75. The summed E-state index contributed by atoms with van der Waals surface area (Å²) in [4.78, 5) is 12.7. The molecule has 1 aromatic heterocycles. The molecule has 0 unspecified atom stereocenters. The number of amides is 1. The second kappa shape index (κ2) is 6.72. The molecule has 2 N–H and O–H groups in total. The van der Waals surface area contributed by atoms with Crippen molar-refractivity contribution in [1.29, 1.82) is 0 Å². The Balaban J connectivity index is 2.20. The summed E-state index contributed by atoms with van der Waals surface area (Å²) in [6.07, 6.45) is 4.20. The van der Waals surface area contributed by atoms with E-state index in [-0.39, 0.29) is 0 Å². The zero-order valence-electron chi connectivity index (χ0n) is 11.6. The molecular formula is C14H18N4O2. The van der Waals surface area contributed by atoms with Gasteiger partial charge < -0.3 is 15.0 Å². The van der Waals surface area contributed by atoms with Gasteiger partial charge in [0.15, 0.2) is 0 Å². The standard InChI is InChI=1S/C14H18N4O2/c1-18(2)5-6-20-14-7-11(12-8-16-17-9-12)3-4-13(14)15-10-19/h3-4,7-10H,5-6H2,1-2H3,(H,15,19)(H,16,17). The summed E-state index contributed by atoms with van der Waals surface area (Å²) >= 11 is 0. The third kappa shape index (κ3) is 3.58. The average Bonchev–Trinajstić information content (AvgIpc) is 2.94. The highest BCUT2D eigenvalue weighted by Crippen LogP contribution is 2.30. The molecule has 0 saturated carbocycles. The molecular weight excluding hydrogens is 256 g/mol. The number of ether oxygens (including phenoxy) is 1. The van der Waals surface area contributed by atoms with Gasteiger partial charge in [-0.3, -0.25) is 9.89 Å². The Labute approximate surface area is 117 Å². The third-order valence-electron chi connectivity index (χ3n) is 2.82. The summed E-state index contributed by atoms with van der Waals surface area (Å²) in [5.41, 5.74) is 2.61. The first-order chi connectivity index (χ1) is 9.70. The quantitative estimate of drug-likeness (QED) is 0.752. The molecule has 0 aliphatic heterocycles. The maximum Gasteiger partial charge on any atom is 0.211 e. The van der Waals surface area contributed by atoms with Gasteiger partial charge in [-0.25, -0.2) is 0 Å². The van der Waals surface area contributed by atoms with Gasteiger partial charge in [0.1, 0.15) is 12.4 Å². The molecule has 0 radical (unpaired) electrons. The van der Waals surface area contributed by atoms with Crippen LogP contribution in [0.3, 0.4) is 0 Å². The van der Waals surface area contributed by atoms with Gasteiger partial charge >= 0.3 is 0 Å². The first kappa shape index (κ1) is 14.1. The Morgan fingerprint density at radius 2 is 2.25 bits per heavy atom. The minimum absolute atomic E-state index is 0.551. The van der Waals surface area contributed by atoms with Gasteiger partial charge in [0.25, 0.3) is 0 Å². The number of nitrogens with zero attached hydrogens (tertiary/aromatic N) is 2. The van der Waals surface area contributed by atoms with E-state index in [0.29, 0.717) is 24.5 Å². The van der Waals surface area contributed by atoms with E-state index in [1.165, 1.54) is 0 Å². The molecule has 2 rings (SSSR count). The lowest BCUT2D eigenvalue weighted by Crippen LogP contribution is -2.19. The van der Waals surface area contributed by atoms with Crippen LogP contribution in [0.4, 0.5) is 5.69 Å². The number of nitrogens with one attached hydrogen (secondary N) is 2. The van der Waals surface area contributed by atoms with Gasteiger partial charge in [-0.15, -0.1) is 0 Å². The number of aromatic nitrogens is 2. The van der Waals surface area contributed by atoms with Crippen LogP contribution in [0.5, 0.6) is 5.75 Å². The maximum atomic E-state index is 10.6. The number of benzene rings is 1. The molecule has 0 aliphatic carbocycles. The third-order valence-corrected chi connectivity index (χ3v) is 2.82. The highest BCUT2D eigenvalue weighted by molar-refractivity contribution is 5.78. The molecule has 1 heterocycles. The SMILES string of the molecule is CN(C)CCOc1cc(-c2cn[nH]c2)ccc1NC=O. The predicted molar refractivity (Wildman–Crippen MR) is 77.8 cm³/mol. The number of likely N-dealkylation sites (N-methyl/N-ethyl adjacent to an activating group) is 1. The lowest BCUT2D eigenvalue weighted by atomic mass is 10.1. The molecule has 106 valence electrons. The molecule has 0 fully saturated rings. The fourth-order valence-electron chi connectivity index (χ4n) is 1.75. The first-order valence-electron chi connectivity index (χ1n) is 6.31. The zero-order valence-corrected chi connectivity index (χ0v) is 11.6. The van der Waals surface area contributed by atoms with Crippen molar-refractivity contribution in [2.24, 2.45) is 0 Å². The van der Waals surface area contributed by atoms with Crippen molar-refractivity contribution >= 4 is 12.1 Å². The van der Waals surface area contributed by atoms with Crippen LogP contribution in [0.15, 0.2) is 30.6 Å². The van der Waals surface area contributed by atoms with Crippen LogP contribution < -0.4 is 10.1 Å². The van der Waals surface area contributed by atoms with Gasteiger partial charge in [0.05, 0.1) is 11.9 Å². The van der Waals surface area contributed by atoms with Crippen molar-refractivity contribution in [3.63, 3.8) is 0 Å². The van der Waals surface area contributed by atoms with Crippen LogP contribution in [0, 0.1) is 0 Å². The Bertz CT molecular complexity index is 552. The van der Waals surface area contributed by atoms with Gasteiger partial charge in [-0.2, -0.15) is 5.10 Å². The molecule has 1 aromatic carbocycles. The maximum absolute atomic E-state index is 10.6. The van der Waals surface area contributed by atoms with Gasteiger partial charge in [0, 0.05) is 18.3 Å². The van der Waals surface area contributed by atoms with Crippen LogP contribution in [-0.4, -0.2) is 48.8 Å². The lowest BCUT2D eigenvalue weighted by Gasteiger charge is -2.14. The number of hydrogen-bond donors (Lipinski definition) is 2. The molecule has 6 nitrogen and oxygen atoms in total. The summed E-state index contributed by atoms with van der Waals surface area (Å²) in [5, 5.41) is 9.35. The van der Waals surface area contributed by atoms with E-state index >= 15 is 0 Å². The number of aromatic amines is 1. The van der Waals surface area contributed by atoms with Crippen molar-refractivity contribution in [1.82, 2.24) is 15.1 Å². The number of rotatable bonds is 7. The average molecular weight is 274 g/mol. The Morgan fingerprint density at radius 3 is 2.90 bits per heavy atom. The second-order valence-electron chi connectivity index (χ2n) is 4.61. The lowest BCUT2D eigenvalue weighted by molar-refractivity contribution is -0.105. The van der Waals surface area contributed by atoms with E-state index in [2.05, 4.69) is 15.5 Å². The molecule has 0 spiro atoms. The van der Waals surface area contributed by atoms with E-state index in [1.54, 1.807) is 6.20 Å². The van der Waals surface area contributed by atoms with Crippen molar-refractivity contribution in [2.75, 3.05) is 32.6 Å². The topological polar surface area (TPSA) is 70.2 Å². The van der Waals surface area contributed by atoms with Crippen LogP contribution in [0.2, 0.25) is 0 Å². The van der Waals surface area contributed by atoms with E-state index < -0.39 is 0 Å². The molecule has 20 heavy (non-hydrogen) atoms. The highest BCUT2D eigenvalue weighted by Gasteiger charge is 2.07. The smallest absolute Gasteiger partial charge is 0.211 e. The summed E-state index contributed by atoms with van der Waals surface area (Å²) in [6, 6.07) is 5.63. The minimum atomic E-state index is 0.551.